The number of hydrogen-bond donors (Lipinski definition) is 4. The highest BCUT2D eigenvalue weighted by Crippen LogP contribution is 2.42. The van der Waals surface area contributed by atoms with Gasteiger partial charge in [0.05, 0.1) is 28.3 Å². The molecule has 0 saturated carbocycles. The van der Waals surface area contributed by atoms with E-state index in [1.807, 2.05) is 18.1 Å². The van der Waals surface area contributed by atoms with Gasteiger partial charge in [0.2, 0.25) is 5.91 Å². The number of rotatable bonds is 8. The first-order valence-corrected chi connectivity index (χ1v) is 19.8. The molecule has 0 bridgehead atoms. The largest absolute Gasteiger partial charge is 0.385 e. The van der Waals surface area contributed by atoms with Gasteiger partial charge in [-0.1, -0.05) is 29.8 Å². The number of nitrogens with two attached hydrogens (primary N) is 1. The van der Waals surface area contributed by atoms with E-state index in [1.165, 1.54) is 22.2 Å². The summed E-state index contributed by atoms with van der Waals surface area (Å²) in [6.45, 7) is 5.14. The average Bonchev–Trinajstić information content (AvgIpc) is 3.96. The SMILES string of the molecule is CNC1=CC(N2CCc3c(-c4ccc(CN5CCC6(CCN(C(=O)c7ccc(Cl)c(N8CCC(=O)NC8=O)c7)CC6)C5)cn4)cccc32)Nn2c(C(N)=O)cnc21. The highest BCUT2D eigenvalue weighted by Gasteiger charge is 2.41. The number of nitrogens with one attached hydrogen (secondary N) is 3. The number of nitrogens with zero attached hydrogens (tertiary/aromatic N) is 7. The summed E-state index contributed by atoms with van der Waals surface area (Å²) < 4.78 is 1.66. The minimum absolute atomic E-state index is 0.0775. The molecule has 3 saturated heterocycles. The van der Waals surface area contributed by atoms with E-state index in [0.717, 1.165) is 74.5 Å². The quantitative estimate of drug-likeness (QED) is 0.206. The van der Waals surface area contributed by atoms with Crippen molar-refractivity contribution in [3.8, 4) is 11.3 Å². The second kappa shape index (κ2) is 14.5. The predicted molar refractivity (Wildman–Crippen MR) is 216 cm³/mol. The molecule has 16 heteroatoms. The first-order chi connectivity index (χ1) is 27.6. The monoisotopic (exact) mass is 789 g/mol. The minimum Gasteiger partial charge on any atom is -0.385 e. The Labute approximate surface area is 334 Å². The first kappa shape index (κ1) is 36.7. The summed E-state index contributed by atoms with van der Waals surface area (Å²) in [6, 6.07) is 15.1. The number of imidazole rings is 1. The van der Waals surface area contributed by atoms with Gasteiger partial charge in [-0.05, 0) is 85.2 Å². The first-order valence-electron chi connectivity index (χ1n) is 19.4. The molecular weight excluding hydrogens is 746 g/mol. The van der Waals surface area contributed by atoms with Crippen LogP contribution in [0.5, 0.6) is 0 Å². The molecule has 2 aromatic carbocycles. The van der Waals surface area contributed by atoms with Crippen molar-refractivity contribution in [3.63, 3.8) is 0 Å². The molecule has 4 aromatic rings. The van der Waals surface area contributed by atoms with Gasteiger partial charge in [0.25, 0.3) is 11.8 Å². The van der Waals surface area contributed by atoms with Crippen LogP contribution in [-0.4, -0.2) is 101 Å². The standard InChI is InChI=1S/C41H44ClN11O4/c1-44-31-20-35(48-53-34(37(43)55)22-46-38(31)53)51-14-9-28-27(3-2-4-32(28)51)30-8-5-25(21-45-30)23-49-16-11-41(24-49)12-17-50(18-13-41)39(56)26-6-7-29(42)33(19-26)52-15-10-36(54)47-40(52)57/h2-8,19-22,35,44,48H,9-18,23-24H2,1H3,(H2,43,55)(H,47,54,57). The van der Waals surface area contributed by atoms with Gasteiger partial charge in [0, 0.05) is 75.7 Å². The van der Waals surface area contributed by atoms with Crippen LogP contribution in [0.2, 0.25) is 5.02 Å². The van der Waals surface area contributed by atoms with Crippen molar-refractivity contribution < 1.29 is 19.2 Å². The molecule has 294 valence electrons. The Kier molecular flexibility index (Phi) is 9.36. The number of likely N-dealkylation sites (tertiary alicyclic amines) is 2. The van der Waals surface area contributed by atoms with Crippen LogP contribution in [0.3, 0.4) is 0 Å². The van der Waals surface area contributed by atoms with Gasteiger partial charge in [-0.25, -0.2) is 14.5 Å². The number of fused-ring (bicyclic) bond motifs is 2. The van der Waals surface area contributed by atoms with E-state index in [-0.39, 0.29) is 36.4 Å². The van der Waals surface area contributed by atoms with E-state index in [9.17, 15) is 19.2 Å². The number of carbonyl (C=O) groups is 4. The molecule has 2 aromatic heterocycles. The number of hydrogen-bond acceptors (Lipinski definition) is 10. The number of aromatic nitrogens is 3. The van der Waals surface area contributed by atoms with Crippen molar-refractivity contribution >= 4 is 52.4 Å². The van der Waals surface area contributed by atoms with E-state index in [0.29, 0.717) is 40.9 Å². The fourth-order valence-corrected chi connectivity index (χ4v) is 9.33. The van der Waals surface area contributed by atoms with E-state index < -0.39 is 11.9 Å². The average molecular weight is 790 g/mol. The molecule has 5 amide bonds. The third kappa shape index (κ3) is 6.73. The number of amides is 5. The van der Waals surface area contributed by atoms with Gasteiger partial charge < -0.3 is 20.9 Å². The number of benzene rings is 2. The number of urea groups is 1. The molecule has 15 nitrogen and oxygen atoms in total. The summed E-state index contributed by atoms with van der Waals surface area (Å²) in [7, 11) is 1.84. The number of halogens is 1. The number of anilines is 2. The van der Waals surface area contributed by atoms with Crippen LogP contribution in [0, 0.1) is 5.41 Å². The van der Waals surface area contributed by atoms with E-state index in [4.69, 9.17) is 22.3 Å². The molecule has 0 radical (unpaired) electrons. The number of primary amides is 1. The van der Waals surface area contributed by atoms with Gasteiger partial charge in [-0.3, -0.25) is 39.9 Å². The Morgan fingerprint density at radius 1 is 0.965 bits per heavy atom. The lowest BCUT2D eigenvalue weighted by Crippen LogP contribution is -2.49. The molecular formula is C41H44ClN11O4. The summed E-state index contributed by atoms with van der Waals surface area (Å²) in [5.74, 6) is -0.337. The summed E-state index contributed by atoms with van der Waals surface area (Å²) in [5.41, 5.74) is 16.8. The van der Waals surface area contributed by atoms with E-state index in [2.05, 4.69) is 67.3 Å². The second-order valence-corrected chi connectivity index (χ2v) is 16.0. The number of imide groups is 1. The second-order valence-electron chi connectivity index (χ2n) is 15.5. The highest BCUT2D eigenvalue weighted by atomic mass is 35.5. The van der Waals surface area contributed by atoms with Gasteiger partial charge in [0.1, 0.15) is 11.9 Å². The Morgan fingerprint density at radius 2 is 1.79 bits per heavy atom. The Hall–Kier alpha value is -5.93. The van der Waals surface area contributed by atoms with Gasteiger partial charge in [-0.2, -0.15) is 0 Å². The fourth-order valence-electron chi connectivity index (χ4n) is 9.11. The number of pyridine rings is 1. The Morgan fingerprint density at radius 3 is 2.54 bits per heavy atom. The highest BCUT2D eigenvalue weighted by molar-refractivity contribution is 6.34. The summed E-state index contributed by atoms with van der Waals surface area (Å²) >= 11 is 6.43. The molecule has 1 unspecified atom stereocenters. The van der Waals surface area contributed by atoms with Crippen molar-refractivity contribution in [2.45, 2.75) is 44.8 Å². The van der Waals surface area contributed by atoms with E-state index >= 15 is 0 Å². The van der Waals surface area contributed by atoms with Gasteiger partial charge in [-0.15, -0.1) is 0 Å². The molecule has 1 atom stereocenters. The maximum atomic E-state index is 13.6. The minimum atomic E-state index is -0.547. The zero-order valence-electron chi connectivity index (χ0n) is 31.6. The molecule has 5 aliphatic heterocycles. The molecule has 9 rings (SSSR count). The maximum Gasteiger partial charge on any atom is 0.328 e. The lowest BCUT2D eigenvalue weighted by atomic mass is 9.77. The molecule has 5 aliphatic rings. The third-order valence-corrected chi connectivity index (χ3v) is 12.5. The topological polar surface area (TPSA) is 174 Å². The molecule has 5 N–H and O–H groups in total. The third-order valence-electron chi connectivity index (χ3n) is 12.2. The van der Waals surface area contributed by atoms with Crippen LogP contribution in [0.15, 0.2) is 67.0 Å². The Bertz CT molecular complexity index is 2320. The fraction of sp³-hybridized carbons (Fsp3) is 0.366. The van der Waals surface area contributed by atoms with Crippen molar-refractivity contribution in [2.75, 3.05) is 61.5 Å². The van der Waals surface area contributed by atoms with Crippen molar-refractivity contribution in [1.29, 1.82) is 0 Å². The zero-order valence-corrected chi connectivity index (χ0v) is 32.4. The normalized spacial score (nSPS) is 20.2. The van der Waals surface area contributed by atoms with E-state index in [1.54, 1.807) is 22.9 Å². The van der Waals surface area contributed by atoms with Crippen LogP contribution in [-0.2, 0) is 17.8 Å². The lowest BCUT2D eigenvalue weighted by molar-refractivity contribution is -0.120. The van der Waals surface area contributed by atoms with Crippen molar-refractivity contribution in [2.24, 2.45) is 11.1 Å². The maximum absolute atomic E-state index is 13.6. The van der Waals surface area contributed by atoms with Crippen LogP contribution in [0.4, 0.5) is 16.2 Å². The smallest absolute Gasteiger partial charge is 0.328 e. The van der Waals surface area contributed by atoms with Gasteiger partial charge >= 0.3 is 6.03 Å². The number of piperidine rings is 1. The zero-order chi connectivity index (χ0) is 39.4. The van der Waals surface area contributed by atoms with Crippen LogP contribution in [0.1, 0.15) is 63.5 Å². The molecule has 7 heterocycles. The Balaban J connectivity index is 0.820. The van der Waals surface area contributed by atoms with Crippen molar-refractivity contribution in [1.82, 2.24) is 35.1 Å². The van der Waals surface area contributed by atoms with Crippen LogP contribution < -0.4 is 31.6 Å². The molecule has 57 heavy (non-hydrogen) atoms. The summed E-state index contributed by atoms with van der Waals surface area (Å²) in [6.07, 6.45) is 9.32. The summed E-state index contributed by atoms with van der Waals surface area (Å²) in [4.78, 5) is 67.3. The molecule has 0 aliphatic carbocycles. The predicted octanol–water partition coefficient (Wildman–Crippen LogP) is 3.78. The lowest BCUT2D eigenvalue weighted by Gasteiger charge is -2.39. The van der Waals surface area contributed by atoms with Crippen molar-refractivity contribution in [3.05, 3.63) is 100 Å². The van der Waals surface area contributed by atoms with Gasteiger partial charge in [0.15, 0.2) is 5.82 Å². The van der Waals surface area contributed by atoms with Crippen LogP contribution in [0.25, 0.3) is 17.0 Å². The van der Waals surface area contributed by atoms with Crippen LogP contribution >= 0.6 is 11.6 Å². The number of carbonyl (C=O) groups excluding carboxylic acids is 4. The summed E-state index contributed by atoms with van der Waals surface area (Å²) in [5, 5.41) is 5.88. The molecule has 1 spiro atoms. The molecule has 3 fully saturated rings.